The lowest BCUT2D eigenvalue weighted by atomic mass is 10.1. The van der Waals surface area contributed by atoms with Crippen LogP contribution in [-0.4, -0.2) is 34.4 Å². The van der Waals surface area contributed by atoms with Crippen molar-refractivity contribution in [2.75, 3.05) is 18.9 Å². The Balaban J connectivity index is 2.01. The summed E-state index contributed by atoms with van der Waals surface area (Å²) in [4.78, 5) is 15.8. The van der Waals surface area contributed by atoms with E-state index in [1.165, 1.54) is 23.5 Å². The number of hydrogen-bond acceptors (Lipinski definition) is 7. The number of nitrogens with zero attached hydrogens (tertiary/aromatic N) is 1. The third-order valence-electron chi connectivity index (χ3n) is 3.96. The molecule has 7 nitrogen and oxygen atoms in total. The van der Waals surface area contributed by atoms with Gasteiger partial charge in [-0.3, -0.25) is 0 Å². The summed E-state index contributed by atoms with van der Waals surface area (Å²) in [6, 6.07) is 8.12. The summed E-state index contributed by atoms with van der Waals surface area (Å²) >= 11 is 1.37. The molecule has 2 aromatic carbocycles. The van der Waals surface area contributed by atoms with E-state index in [4.69, 9.17) is 15.2 Å². The number of nitrogen functional groups attached to an aromatic ring is 1. The quantitative estimate of drug-likeness (QED) is 0.401. The molecule has 0 fully saturated rings. The topological polar surface area (TPSA) is 115 Å². The summed E-state index contributed by atoms with van der Waals surface area (Å²) in [5, 5.41) is 21.9. The van der Waals surface area contributed by atoms with Crippen LogP contribution in [0.3, 0.4) is 0 Å². The minimum absolute atomic E-state index is 0.0100. The predicted octanol–water partition coefficient (Wildman–Crippen LogP) is 4.26. The summed E-state index contributed by atoms with van der Waals surface area (Å²) < 4.78 is 11.2. The van der Waals surface area contributed by atoms with Crippen molar-refractivity contribution in [3.05, 3.63) is 41.3 Å². The van der Waals surface area contributed by atoms with Gasteiger partial charge in [-0.05, 0) is 44.2 Å². The van der Waals surface area contributed by atoms with Crippen molar-refractivity contribution in [3.8, 4) is 39.1 Å². The van der Waals surface area contributed by atoms with Crippen LogP contribution in [-0.2, 0) is 0 Å². The summed E-state index contributed by atoms with van der Waals surface area (Å²) in [6.45, 7) is 4.83. The molecule has 0 saturated carbocycles. The van der Waals surface area contributed by atoms with Crippen LogP contribution in [0, 0.1) is 0 Å². The van der Waals surface area contributed by atoms with Crippen molar-refractivity contribution in [1.29, 1.82) is 0 Å². The van der Waals surface area contributed by atoms with Gasteiger partial charge >= 0.3 is 5.97 Å². The molecule has 146 valence electrons. The van der Waals surface area contributed by atoms with Crippen molar-refractivity contribution in [3.63, 3.8) is 0 Å². The average molecular weight is 400 g/mol. The average Bonchev–Trinajstić information content (AvgIpc) is 3.15. The Bertz CT molecular complexity index is 1020. The molecule has 3 rings (SSSR count). The summed E-state index contributed by atoms with van der Waals surface area (Å²) in [7, 11) is 0. The molecular formula is C20H20N2O5S. The fraction of sp³-hybridized carbons (Fsp3) is 0.200. The number of hydrogen-bond donors (Lipinski definition) is 3. The molecule has 0 amide bonds. The van der Waals surface area contributed by atoms with Crippen molar-refractivity contribution in [2.45, 2.75) is 13.8 Å². The van der Waals surface area contributed by atoms with Gasteiger partial charge in [-0.15, -0.1) is 11.3 Å². The third kappa shape index (κ3) is 3.86. The standard InChI is InChI=1S/C20H20N2O5S/c1-3-26-16-6-5-11(9-17(16)27-4-2)19-22-15(10-28-19)13-7-12(20(24)25)8-14(21)18(13)23/h5-10,23H,3-4,21H2,1-2H3,(H,24,25). The summed E-state index contributed by atoms with van der Waals surface area (Å²) in [6.07, 6.45) is 0. The van der Waals surface area contributed by atoms with Gasteiger partial charge in [0.05, 0.1) is 30.2 Å². The van der Waals surface area contributed by atoms with E-state index in [0.29, 0.717) is 35.4 Å². The number of aromatic carboxylic acids is 1. The third-order valence-corrected chi connectivity index (χ3v) is 4.85. The lowest BCUT2D eigenvalue weighted by Gasteiger charge is -2.11. The highest BCUT2D eigenvalue weighted by molar-refractivity contribution is 7.13. The van der Waals surface area contributed by atoms with E-state index < -0.39 is 5.97 Å². The van der Waals surface area contributed by atoms with Crippen molar-refractivity contribution < 1.29 is 24.5 Å². The first kappa shape index (κ1) is 19.5. The van der Waals surface area contributed by atoms with E-state index in [-0.39, 0.29) is 22.6 Å². The molecule has 0 spiro atoms. The first-order valence-corrected chi connectivity index (χ1v) is 9.54. The van der Waals surface area contributed by atoms with Crippen LogP contribution >= 0.6 is 11.3 Å². The molecule has 0 aliphatic rings. The monoisotopic (exact) mass is 400 g/mol. The van der Waals surface area contributed by atoms with Crippen LogP contribution in [0.4, 0.5) is 5.69 Å². The number of phenols is 1. The Morgan fingerprint density at radius 3 is 2.54 bits per heavy atom. The van der Waals surface area contributed by atoms with E-state index in [0.717, 1.165) is 5.56 Å². The number of rotatable bonds is 7. The zero-order chi connectivity index (χ0) is 20.3. The fourth-order valence-corrected chi connectivity index (χ4v) is 3.51. The number of aromatic hydroxyl groups is 1. The predicted molar refractivity (Wildman–Crippen MR) is 108 cm³/mol. The molecule has 4 N–H and O–H groups in total. The van der Waals surface area contributed by atoms with Crippen molar-refractivity contribution >= 4 is 23.0 Å². The van der Waals surface area contributed by atoms with Gasteiger partial charge in [0.1, 0.15) is 10.8 Å². The maximum Gasteiger partial charge on any atom is 0.335 e. The van der Waals surface area contributed by atoms with Crippen molar-refractivity contribution in [1.82, 2.24) is 4.98 Å². The molecule has 0 aliphatic carbocycles. The van der Waals surface area contributed by atoms with Gasteiger partial charge in [0.2, 0.25) is 0 Å². The van der Waals surface area contributed by atoms with Crippen LogP contribution in [0.5, 0.6) is 17.2 Å². The molecule has 8 heteroatoms. The minimum atomic E-state index is -1.13. The zero-order valence-electron chi connectivity index (χ0n) is 15.4. The van der Waals surface area contributed by atoms with E-state index in [1.807, 2.05) is 32.0 Å². The Labute approximate surface area is 166 Å². The van der Waals surface area contributed by atoms with E-state index in [2.05, 4.69) is 4.98 Å². The van der Waals surface area contributed by atoms with Crippen LogP contribution in [0.15, 0.2) is 35.7 Å². The molecular weight excluding hydrogens is 380 g/mol. The summed E-state index contributed by atoms with van der Waals surface area (Å²) in [5.41, 5.74) is 7.26. The molecule has 3 aromatic rings. The van der Waals surface area contributed by atoms with Gasteiger partial charge in [0.15, 0.2) is 11.5 Å². The number of carboxylic acid groups (broad SMARTS) is 1. The van der Waals surface area contributed by atoms with Gasteiger partial charge < -0.3 is 25.4 Å². The lowest BCUT2D eigenvalue weighted by molar-refractivity contribution is 0.0697. The van der Waals surface area contributed by atoms with Gasteiger partial charge in [-0.2, -0.15) is 0 Å². The van der Waals surface area contributed by atoms with Crippen molar-refractivity contribution in [2.24, 2.45) is 0 Å². The Morgan fingerprint density at radius 1 is 1.14 bits per heavy atom. The Hall–Kier alpha value is -3.26. The second kappa shape index (κ2) is 8.18. The van der Waals surface area contributed by atoms with Crippen LogP contribution in [0.25, 0.3) is 21.8 Å². The maximum atomic E-state index is 11.3. The molecule has 0 radical (unpaired) electrons. The number of aromatic nitrogens is 1. The first-order chi connectivity index (χ1) is 13.4. The number of ether oxygens (including phenoxy) is 2. The highest BCUT2D eigenvalue weighted by Crippen LogP contribution is 2.39. The van der Waals surface area contributed by atoms with E-state index >= 15 is 0 Å². The second-order valence-corrected chi connectivity index (χ2v) is 6.69. The van der Waals surface area contributed by atoms with Gasteiger partial charge in [0.25, 0.3) is 0 Å². The Morgan fingerprint density at radius 2 is 1.86 bits per heavy atom. The first-order valence-electron chi connectivity index (χ1n) is 8.66. The minimum Gasteiger partial charge on any atom is -0.505 e. The number of carboxylic acids is 1. The van der Waals surface area contributed by atoms with E-state index in [9.17, 15) is 15.0 Å². The molecule has 1 aromatic heterocycles. The fourth-order valence-electron chi connectivity index (χ4n) is 2.69. The molecule has 0 aliphatic heterocycles. The molecule has 0 atom stereocenters. The smallest absolute Gasteiger partial charge is 0.335 e. The van der Waals surface area contributed by atoms with Crippen LogP contribution in [0.1, 0.15) is 24.2 Å². The van der Waals surface area contributed by atoms with Gasteiger partial charge in [-0.1, -0.05) is 0 Å². The lowest BCUT2D eigenvalue weighted by Crippen LogP contribution is -1.99. The molecule has 0 unspecified atom stereocenters. The van der Waals surface area contributed by atoms with E-state index in [1.54, 1.807) is 5.38 Å². The number of phenolic OH excluding ortho intramolecular Hbond substituents is 1. The highest BCUT2D eigenvalue weighted by Gasteiger charge is 2.17. The summed E-state index contributed by atoms with van der Waals surface area (Å²) in [5.74, 6) is -0.0390. The number of anilines is 1. The maximum absolute atomic E-state index is 11.3. The molecule has 1 heterocycles. The molecule has 0 bridgehead atoms. The van der Waals surface area contributed by atoms with Gasteiger partial charge in [0, 0.05) is 16.5 Å². The number of benzene rings is 2. The SMILES string of the molecule is CCOc1ccc(-c2nc(-c3cc(C(=O)O)cc(N)c3O)cs2)cc1OCC. The zero-order valence-corrected chi connectivity index (χ0v) is 16.2. The number of nitrogens with two attached hydrogens (primary N) is 1. The van der Waals surface area contributed by atoms with Gasteiger partial charge in [-0.25, -0.2) is 9.78 Å². The van der Waals surface area contributed by atoms with Crippen LogP contribution < -0.4 is 15.2 Å². The number of carbonyl (C=O) groups is 1. The largest absolute Gasteiger partial charge is 0.505 e. The number of thiazole rings is 1. The normalized spacial score (nSPS) is 10.6. The van der Waals surface area contributed by atoms with Crippen LogP contribution in [0.2, 0.25) is 0 Å². The molecule has 28 heavy (non-hydrogen) atoms. The highest BCUT2D eigenvalue weighted by atomic mass is 32.1. The Kier molecular flexibility index (Phi) is 5.70. The second-order valence-electron chi connectivity index (χ2n) is 5.83. The molecule has 0 saturated heterocycles.